The quantitative estimate of drug-likeness (QED) is 0.506. The van der Waals surface area contributed by atoms with E-state index >= 15 is 0 Å². The van der Waals surface area contributed by atoms with Crippen molar-refractivity contribution in [1.29, 1.82) is 0 Å². The number of imidazole rings is 1. The minimum atomic E-state index is 0.755. The molecule has 0 unspecified atom stereocenters. The molecule has 0 radical (unpaired) electrons. The number of nitrogens with zero attached hydrogens (tertiary/aromatic N) is 1. The first-order chi connectivity index (χ1) is 11.7. The van der Waals surface area contributed by atoms with E-state index in [9.17, 15) is 0 Å². The summed E-state index contributed by atoms with van der Waals surface area (Å²) in [5.41, 5.74) is 4.48. The minimum absolute atomic E-state index is 0.755. The summed E-state index contributed by atoms with van der Waals surface area (Å²) in [6.45, 7) is 2.08. The number of rotatable bonds is 3. The predicted octanol–water partition coefficient (Wildman–Crippen LogP) is 5.78. The van der Waals surface area contributed by atoms with E-state index in [1.165, 1.54) is 21.9 Å². The van der Waals surface area contributed by atoms with E-state index in [4.69, 9.17) is 16.6 Å². The molecule has 118 valence electrons. The summed E-state index contributed by atoms with van der Waals surface area (Å²) in [4.78, 5) is 8.29. The van der Waals surface area contributed by atoms with Crippen molar-refractivity contribution in [2.24, 2.45) is 0 Å². The molecule has 0 aliphatic rings. The van der Waals surface area contributed by atoms with Gasteiger partial charge in [-0.1, -0.05) is 66.2 Å². The molecule has 4 rings (SSSR count). The van der Waals surface area contributed by atoms with Crippen LogP contribution in [0.3, 0.4) is 0 Å². The number of aromatic amines is 1. The Morgan fingerprint density at radius 2 is 1.67 bits per heavy atom. The number of benzene rings is 3. The zero-order valence-electron chi connectivity index (χ0n) is 13.4. The summed E-state index contributed by atoms with van der Waals surface area (Å²) >= 11 is 5.96. The normalized spacial score (nSPS) is 11.1. The molecule has 0 spiro atoms. The van der Waals surface area contributed by atoms with E-state index in [0.29, 0.717) is 0 Å². The molecule has 0 aliphatic carbocycles. The first-order valence-corrected chi connectivity index (χ1v) is 8.36. The summed E-state index contributed by atoms with van der Waals surface area (Å²) in [6, 6.07) is 22.7. The van der Waals surface area contributed by atoms with Crippen molar-refractivity contribution < 1.29 is 0 Å². The summed E-state index contributed by atoms with van der Waals surface area (Å²) in [5, 5.41) is 3.22. The molecule has 24 heavy (non-hydrogen) atoms. The van der Waals surface area contributed by atoms with Crippen molar-refractivity contribution in [2.75, 3.05) is 0 Å². The zero-order chi connectivity index (χ0) is 16.5. The third kappa shape index (κ3) is 2.81. The number of hydrogen-bond acceptors (Lipinski definition) is 1. The van der Waals surface area contributed by atoms with Crippen molar-refractivity contribution in [3.63, 3.8) is 0 Å². The molecule has 0 fully saturated rings. The number of H-pyrrole nitrogens is 1. The fourth-order valence-electron chi connectivity index (χ4n) is 3.10. The van der Waals surface area contributed by atoms with Crippen LogP contribution in [0, 0.1) is 6.92 Å². The van der Waals surface area contributed by atoms with E-state index in [1.54, 1.807) is 0 Å². The fourth-order valence-corrected chi connectivity index (χ4v) is 3.22. The molecule has 1 aromatic heterocycles. The molecular formula is C21H17ClN2. The van der Waals surface area contributed by atoms with E-state index in [-0.39, 0.29) is 0 Å². The number of halogens is 1. The first-order valence-electron chi connectivity index (χ1n) is 7.99. The zero-order valence-corrected chi connectivity index (χ0v) is 14.1. The van der Waals surface area contributed by atoms with Crippen molar-refractivity contribution >= 4 is 22.4 Å². The van der Waals surface area contributed by atoms with Gasteiger partial charge in [0.05, 0.1) is 5.69 Å². The van der Waals surface area contributed by atoms with E-state index in [1.807, 2.05) is 24.3 Å². The molecule has 0 bridgehead atoms. The van der Waals surface area contributed by atoms with Crippen LogP contribution in [-0.4, -0.2) is 9.97 Å². The lowest BCUT2D eigenvalue weighted by Gasteiger charge is -2.04. The molecule has 4 aromatic rings. The summed E-state index contributed by atoms with van der Waals surface area (Å²) in [7, 11) is 0. The molecular weight excluding hydrogens is 316 g/mol. The number of fused-ring (bicyclic) bond motifs is 1. The molecule has 2 nitrogen and oxygen atoms in total. The van der Waals surface area contributed by atoms with Gasteiger partial charge in [-0.05, 0) is 35.4 Å². The monoisotopic (exact) mass is 332 g/mol. The van der Waals surface area contributed by atoms with Gasteiger partial charge in [0.15, 0.2) is 0 Å². The van der Waals surface area contributed by atoms with Crippen molar-refractivity contribution in [3.05, 3.63) is 88.8 Å². The van der Waals surface area contributed by atoms with Crippen LogP contribution in [0.25, 0.3) is 22.0 Å². The van der Waals surface area contributed by atoms with E-state index < -0.39 is 0 Å². The van der Waals surface area contributed by atoms with Crippen LogP contribution >= 0.6 is 11.6 Å². The summed E-state index contributed by atoms with van der Waals surface area (Å²) in [5.74, 6) is 0.970. The standard InChI is InChI=1S/C21H17ClN2/c1-14-21(19-8-4-6-16-5-2-3-7-18(16)19)24-20(23-14)13-15-9-11-17(22)12-10-15/h2-12H,13H2,1H3,(H,23,24). The molecule has 1 heterocycles. The summed E-state index contributed by atoms with van der Waals surface area (Å²) in [6.07, 6.45) is 0.767. The maximum atomic E-state index is 5.96. The maximum absolute atomic E-state index is 5.96. The maximum Gasteiger partial charge on any atom is 0.111 e. The predicted molar refractivity (Wildman–Crippen MR) is 101 cm³/mol. The van der Waals surface area contributed by atoms with Gasteiger partial charge in [0.25, 0.3) is 0 Å². The van der Waals surface area contributed by atoms with Gasteiger partial charge < -0.3 is 4.98 Å². The second kappa shape index (κ2) is 6.14. The fraction of sp³-hybridized carbons (Fsp3) is 0.0952. The van der Waals surface area contributed by atoms with E-state index in [2.05, 4.69) is 54.4 Å². The van der Waals surface area contributed by atoms with Gasteiger partial charge in [0.1, 0.15) is 5.82 Å². The molecule has 0 saturated heterocycles. The molecule has 3 heteroatoms. The molecule has 0 saturated carbocycles. The van der Waals surface area contributed by atoms with E-state index in [0.717, 1.165) is 28.7 Å². The van der Waals surface area contributed by atoms with Crippen LogP contribution < -0.4 is 0 Å². The largest absolute Gasteiger partial charge is 0.345 e. The second-order valence-corrected chi connectivity index (χ2v) is 6.42. The SMILES string of the molecule is Cc1[nH]c(Cc2ccc(Cl)cc2)nc1-c1cccc2ccccc12. The van der Waals surface area contributed by atoms with Crippen molar-refractivity contribution in [2.45, 2.75) is 13.3 Å². The van der Waals surface area contributed by atoms with Crippen LogP contribution in [0.5, 0.6) is 0 Å². The molecule has 3 aromatic carbocycles. The number of aromatic nitrogens is 2. The highest BCUT2D eigenvalue weighted by Crippen LogP contribution is 2.29. The van der Waals surface area contributed by atoms with Gasteiger partial charge in [0, 0.05) is 22.7 Å². The molecule has 0 aliphatic heterocycles. The van der Waals surface area contributed by atoms with Gasteiger partial charge >= 0.3 is 0 Å². The highest BCUT2D eigenvalue weighted by molar-refractivity contribution is 6.30. The number of nitrogens with one attached hydrogen (secondary N) is 1. The Kier molecular flexibility index (Phi) is 3.83. The topological polar surface area (TPSA) is 28.7 Å². The Balaban J connectivity index is 1.74. The Morgan fingerprint density at radius 3 is 2.50 bits per heavy atom. The Bertz CT molecular complexity index is 995. The highest BCUT2D eigenvalue weighted by Gasteiger charge is 2.12. The van der Waals surface area contributed by atoms with Gasteiger partial charge in [-0.2, -0.15) is 0 Å². The van der Waals surface area contributed by atoms with Gasteiger partial charge in [-0.3, -0.25) is 0 Å². The molecule has 0 atom stereocenters. The first kappa shape index (κ1) is 15.0. The lowest BCUT2D eigenvalue weighted by molar-refractivity contribution is 1.02. The molecule has 0 amide bonds. The lowest BCUT2D eigenvalue weighted by atomic mass is 10.0. The third-order valence-corrected chi connectivity index (χ3v) is 4.52. The number of aryl methyl sites for hydroxylation is 1. The number of hydrogen-bond donors (Lipinski definition) is 1. The Labute approximate surface area is 146 Å². The van der Waals surface area contributed by atoms with Crippen LogP contribution in [0.15, 0.2) is 66.7 Å². The Morgan fingerprint density at radius 1 is 0.917 bits per heavy atom. The third-order valence-electron chi connectivity index (χ3n) is 4.26. The van der Waals surface area contributed by atoms with Crippen LogP contribution in [-0.2, 0) is 6.42 Å². The second-order valence-electron chi connectivity index (χ2n) is 5.99. The van der Waals surface area contributed by atoms with Crippen molar-refractivity contribution in [1.82, 2.24) is 9.97 Å². The Hall–Kier alpha value is -2.58. The average molecular weight is 333 g/mol. The lowest BCUT2D eigenvalue weighted by Crippen LogP contribution is -1.90. The highest BCUT2D eigenvalue weighted by atomic mass is 35.5. The van der Waals surface area contributed by atoms with Gasteiger partial charge in [0.2, 0.25) is 0 Å². The van der Waals surface area contributed by atoms with Crippen LogP contribution in [0.2, 0.25) is 5.02 Å². The smallest absolute Gasteiger partial charge is 0.111 e. The summed E-state index contributed by atoms with van der Waals surface area (Å²) < 4.78 is 0. The van der Waals surface area contributed by atoms with Gasteiger partial charge in [-0.15, -0.1) is 0 Å². The average Bonchev–Trinajstić information content (AvgIpc) is 2.96. The minimum Gasteiger partial charge on any atom is -0.345 e. The van der Waals surface area contributed by atoms with Crippen LogP contribution in [0.1, 0.15) is 17.1 Å². The van der Waals surface area contributed by atoms with Crippen LogP contribution in [0.4, 0.5) is 0 Å². The molecule has 1 N–H and O–H groups in total. The van der Waals surface area contributed by atoms with Crippen molar-refractivity contribution in [3.8, 4) is 11.3 Å². The van der Waals surface area contributed by atoms with Gasteiger partial charge in [-0.25, -0.2) is 4.98 Å².